The number of anilines is 2. The number of nitrogens with one attached hydrogen (secondary N) is 1. The molecule has 1 aliphatic rings. The molecule has 0 saturated carbocycles. The fourth-order valence-corrected chi connectivity index (χ4v) is 5.15. The summed E-state index contributed by atoms with van der Waals surface area (Å²) in [5.41, 5.74) is 9.27. The fraction of sp³-hybridized carbons (Fsp3) is 0.381. The van der Waals surface area contributed by atoms with E-state index in [1.54, 1.807) is 11.3 Å². The average molecular weight is 429 g/mol. The van der Waals surface area contributed by atoms with Crippen LogP contribution in [0.15, 0.2) is 29.4 Å². The van der Waals surface area contributed by atoms with Gasteiger partial charge in [0.2, 0.25) is 5.91 Å². The van der Waals surface area contributed by atoms with Crippen molar-refractivity contribution in [2.24, 2.45) is 0 Å². The topological polar surface area (TPSA) is 90.1 Å². The molecular formula is C21H24N4O2S2. The first-order chi connectivity index (χ1) is 13.9. The van der Waals surface area contributed by atoms with E-state index in [-0.39, 0.29) is 17.3 Å². The van der Waals surface area contributed by atoms with Gasteiger partial charge in [-0.3, -0.25) is 4.79 Å². The van der Waals surface area contributed by atoms with Crippen LogP contribution in [0.3, 0.4) is 0 Å². The van der Waals surface area contributed by atoms with E-state index < -0.39 is 0 Å². The predicted octanol–water partition coefficient (Wildman–Crippen LogP) is 4.55. The van der Waals surface area contributed by atoms with Gasteiger partial charge in [0, 0.05) is 17.0 Å². The second kappa shape index (κ2) is 7.93. The number of nitrogen functional groups attached to an aromatic ring is 1. The molecule has 1 aromatic carbocycles. The van der Waals surface area contributed by atoms with Gasteiger partial charge in [-0.25, -0.2) is 9.97 Å². The van der Waals surface area contributed by atoms with Gasteiger partial charge in [-0.05, 0) is 38.0 Å². The Labute approximate surface area is 178 Å². The number of nitrogens with zero attached hydrogens (tertiary/aromatic N) is 2. The zero-order chi connectivity index (χ0) is 20.6. The third kappa shape index (κ3) is 4.24. The Morgan fingerprint density at radius 3 is 2.83 bits per heavy atom. The lowest BCUT2D eigenvalue weighted by Crippen LogP contribution is -2.33. The summed E-state index contributed by atoms with van der Waals surface area (Å²) in [4.78, 5) is 23.4. The van der Waals surface area contributed by atoms with Gasteiger partial charge in [0.1, 0.15) is 10.6 Å². The van der Waals surface area contributed by atoms with Crippen molar-refractivity contribution in [3.05, 3.63) is 40.3 Å². The van der Waals surface area contributed by atoms with E-state index in [9.17, 15) is 4.79 Å². The number of aromatic nitrogens is 2. The van der Waals surface area contributed by atoms with Crippen LogP contribution in [0.4, 0.5) is 11.5 Å². The SMILES string of the molecule is CCC1(C)Cc2c(sc3nc(SCC(=O)Nc4ccc(C)cc4)nc(N)c23)CO1. The molecule has 3 N–H and O–H groups in total. The van der Waals surface area contributed by atoms with Crippen molar-refractivity contribution in [2.45, 2.75) is 51.0 Å². The van der Waals surface area contributed by atoms with Crippen LogP contribution < -0.4 is 11.1 Å². The Bertz CT molecular complexity index is 1060. The molecule has 1 unspecified atom stereocenters. The minimum atomic E-state index is -0.172. The molecule has 2 aromatic heterocycles. The highest BCUT2D eigenvalue weighted by Crippen LogP contribution is 2.41. The Kier molecular flexibility index (Phi) is 5.50. The highest BCUT2D eigenvalue weighted by atomic mass is 32.2. The maximum atomic E-state index is 12.3. The molecular weight excluding hydrogens is 404 g/mol. The van der Waals surface area contributed by atoms with Crippen molar-refractivity contribution in [3.8, 4) is 0 Å². The Hall–Kier alpha value is -2.16. The highest BCUT2D eigenvalue weighted by Gasteiger charge is 2.33. The summed E-state index contributed by atoms with van der Waals surface area (Å²) in [5.74, 6) is 0.606. The quantitative estimate of drug-likeness (QED) is 0.458. The summed E-state index contributed by atoms with van der Waals surface area (Å²) in [6.07, 6.45) is 1.76. The molecule has 3 aromatic rings. The molecule has 0 spiro atoms. The molecule has 6 nitrogen and oxygen atoms in total. The number of rotatable bonds is 5. The molecule has 3 heterocycles. The lowest BCUT2D eigenvalue weighted by Gasteiger charge is -2.33. The standard InChI is InChI=1S/C21H24N4O2S2/c1-4-21(3)9-14-15(10-27-21)29-19-17(14)18(22)24-20(25-19)28-11-16(26)23-13-7-5-12(2)6-8-13/h5-8H,4,9-11H2,1-3H3,(H,23,26)(H2,22,24,25). The fourth-order valence-electron chi connectivity index (χ4n) is 3.34. The zero-order valence-electron chi connectivity index (χ0n) is 16.7. The largest absolute Gasteiger partial charge is 0.383 e. The Balaban J connectivity index is 1.49. The molecule has 0 aliphatic carbocycles. The van der Waals surface area contributed by atoms with Crippen molar-refractivity contribution < 1.29 is 9.53 Å². The number of benzene rings is 1. The molecule has 1 amide bonds. The summed E-state index contributed by atoms with van der Waals surface area (Å²) in [7, 11) is 0. The number of fused-ring (bicyclic) bond motifs is 3. The number of carbonyl (C=O) groups excluding carboxylic acids is 1. The van der Waals surface area contributed by atoms with Crippen molar-refractivity contribution in [3.63, 3.8) is 0 Å². The number of amides is 1. The van der Waals surface area contributed by atoms with Crippen LogP contribution in [-0.2, 0) is 22.6 Å². The molecule has 152 valence electrons. The minimum absolute atomic E-state index is 0.0984. The minimum Gasteiger partial charge on any atom is -0.383 e. The third-order valence-corrected chi connectivity index (χ3v) is 7.21. The zero-order valence-corrected chi connectivity index (χ0v) is 18.4. The van der Waals surface area contributed by atoms with Crippen molar-refractivity contribution in [1.29, 1.82) is 0 Å². The first kappa shape index (κ1) is 20.1. The summed E-state index contributed by atoms with van der Waals surface area (Å²) in [6.45, 7) is 6.86. The van der Waals surface area contributed by atoms with E-state index in [1.807, 2.05) is 31.2 Å². The van der Waals surface area contributed by atoms with Crippen LogP contribution in [0.1, 0.15) is 36.3 Å². The van der Waals surface area contributed by atoms with Gasteiger partial charge in [0.25, 0.3) is 0 Å². The van der Waals surface area contributed by atoms with Gasteiger partial charge in [0.05, 0.1) is 23.3 Å². The van der Waals surface area contributed by atoms with Crippen molar-refractivity contribution in [2.75, 3.05) is 16.8 Å². The number of nitrogens with two attached hydrogens (primary N) is 1. The molecule has 29 heavy (non-hydrogen) atoms. The van der Waals surface area contributed by atoms with Gasteiger partial charge < -0.3 is 15.8 Å². The van der Waals surface area contributed by atoms with Crippen molar-refractivity contribution >= 4 is 50.7 Å². The normalized spacial score (nSPS) is 18.6. The van der Waals surface area contributed by atoms with Gasteiger partial charge in [-0.15, -0.1) is 11.3 Å². The van der Waals surface area contributed by atoms with E-state index in [0.29, 0.717) is 17.6 Å². The second-order valence-corrected chi connectivity index (χ2v) is 9.57. The summed E-state index contributed by atoms with van der Waals surface area (Å²) < 4.78 is 6.05. The maximum Gasteiger partial charge on any atom is 0.234 e. The third-order valence-electron chi connectivity index (χ3n) is 5.26. The second-order valence-electron chi connectivity index (χ2n) is 7.55. The monoisotopic (exact) mass is 428 g/mol. The molecule has 8 heteroatoms. The Morgan fingerprint density at radius 1 is 1.34 bits per heavy atom. The van der Waals surface area contributed by atoms with E-state index in [4.69, 9.17) is 10.5 Å². The molecule has 1 atom stereocenters. The molecule has 0 bridgehead atoms. The smallest absolute Gasteiger partial charge is 0.234 e. The number of thioether (sulfide) groups is 1. The summed E-state index contributed by atoms with van der Waals surface area (Å²) in [5, 5.41) is 4.35. The molecule has 0 saturated heterocycles. The van der Waals surface area contributed by atoms with Gasteiger partial charge >= 0.3 is 0 Å². The average Bonchev–Trinajstić information content (AvgIpc) is 3.06. The maximum absolute atomic E-state index is 12.3. The van der Waals surface area contributed by atoms with E-state index in [2.05, 4.69) is 29.1 Å². The molecule has 0 fully saturated rings. The van der Waals surface area contributed by atoms with E-state index >= 15 is 0 Å². The van der Waals surface area contributed by atoms with Crippen molar-refractivity contribution in [1.82, 2.24) is 9.97 Å². The molecule has 4 rings (SSSR count). The molecule has 0 radical (unpaired) electrons. The number of carbonyl (C=O) groups is 1. The number of ether oxygens (including phenoxy) is 1. The van der Waals surface area contributed by atoms with Crippen LogP contribution in [-0.4, -0.2) is 27.2 Å². The van der Waals surface area contributed by atoms with E-state index in [1.165, 1.54) is 22.2 Å². The number of hydrogen-bond acceptors (Lipinski definition) is 7. The van der Waals surface area contributed by atoms with Gasteiger partial charge in [-0.1, -0.05) is 36.4 Å². The van der Waals surface area contributed by atoms with Crippen LogP contribution in [0.25, 0.3) is 10.2 Å². The van der Waals surface area contributed by atoms with E-state index in [0.717, 1.165) is 34.3 Å². The summed E-state index contributed by atoms with van der Waals surface area (Å²) >= 11 is 2.90. The highest BCUT2D eigenvalue weighted by molar-refractivity contribution is 7.99. The molecule has 1 aliphatic heterocycles. The lowest BCUT2D eigenvalue weighted by molar-refractivity contribution is -0.113. The first-order valence-corrected chi connectivity index (χ1v) is 11.4. The number of thiophene rings is 1. The van der Waals surface area contributed by atoms with Crippen LogP contribution in [0.5, 0.6) is 0 Å². The van der Waals surface area contributed by atoms with Crippen LogP contribution in [0.2, 0.25) is 0 Å². The Morgan fingerprint density at radius 2 is 2.10 bits per heavy atom. The van der Waals surface area contributed by atoms with Gasteiger partial charge in [0.15, 0.2) is 5.16 Å². The predicted molar refractivity (Wildman–Crippen MR) is 120 cm³/mol. The van der Waals surface area contributed by atoms with Crippen LogP contribution in [0, 0.1) is 6.92 Å². The van der Waals surface area contributed by atoms with Crippen LogP contribution >= 0.6 is 23.1 Å². The lowest BCUT2D eigenvalue weighted by atomic mass is 9.90. The number of hydrogen-bond donors (Lipinski definition) is 2. The van der Waals surface area contributed by atoms with Gasteiger partial charge in [-0.2, -0.15) is 0 Å². The number of aryl methyl sites for hydroxylation is 1. The first-order valence-electron chi connectivity index (χ1n) is 9.58. The summed E-state index contributed by atoms with van der Waals surface area (Å²) in [6, 6.07) is 7.71.